The molecule has 40 heavy (non-hydrogen) atoms. The number of ether oxygens (including phenoxy) is 2. The van der Waals surface area contributed by atoms with E-state index in [2.05, 4.69) is 116 Å². The number of benzene rings is 3. The quantitative estimate of drug-likeness (QED) is 0.185. The molecule has 4 heteroatoms. The van der Waals surface area contributed by atoms with Gasteiger partial charge in [-0.25, -0.2) is 0 Å². The monoisotopic (exact) mass is 570 g/mol. The van der Waals surface area contributed by atoms with Gasteiger partial charge in [0.25, 0.3) is 0 Å². The van der Waals surface area contributed by atoms with E-state index in [0.717, 1.165) is 37.6 Å². The average Bonchev–Trinajstić information content (AvgIpc) is 3.55. The largest absolute Gasteiger partial charge is 0.494 e. The van der Waals surface area contributed by atoms with E-state index >= 15 is 0 Å². The molecule has 3 aromatic carbocycles. The molecule has 0 saturated carbocycles. The van der Waals surface area contributed by atoms with Crippen LogP contribution >= 0.6 is 22.7 Å². The van der Waals surface area contributed by atoms with E-state index in [1.54, 1.807) is 0 Å². The minimum atomic E-state index is 0.0674. The molecule has 0 spiro atoms. The first kappa shape index (κ1) is 28.7. The summed E-state index contributed by atoms with van der Waals surface area (Å²) in [5.74, 6) is 1.87. The Morgan fingerprint density at radius 2 is 0.900 bits per heavy atom. The molecule has 0 aliphatic heterocycles. The molecule has 2 nitrogen and oxygen atoms in total. The number of thiophene rings is 2. The lowest BCUT2D eigenvalue weighted by Crippen LogP contribution is -2.07. The van der Waals surface area contributed by atoms with Crippen molar-refractivity contribution in [1.29, 1.82) is 0 Å². The summed E-state index contributed by atoms with van der Waals surface area (Å²) >= 11 is 3.89. The van der Waals surface area contributed by atoms with Gasteiger partial charge in [0.15, 0.2) is 0 Å². The predicted octanol–water partition coefficient (Wildman–Crippen LogP) is 11.6. The van der Waals surface area contributed by atoms with Gasteiger partial charge in [-0.15, -0.1) is 22.7 Å². The summed E-state index contributed by atoms with van der Waals surface area (Å²) in [5, 5.41) is 2.68. The molecule has 2 heterocycles. The standard InChI is InChI=1S/C36H42O2S2/c1-9-19-37-25-15-11-23(12-16-25)31-27-21-29(35(3,4)5)40-34(27)32(24-13-17-26(18-14-24)38-20-10-2)28-22-30(36(6,7)8)39-33(28)31/h11-18,21-22H,9-10,19-20H2,1-8H3. The number of hydrogen-bond donors (Lipinski definition) is 0. The van der Waals surface area contributed by atoms with E-state index in [9.17, 15) is 0 Å². The summed E-state index contributed by atoms with van der Waals surface area (Å²) < 4.78 is 14.6. The highest BCUT2D eigenvalue weighted by Gasteiger charge is 2.27. The van der Waals surface area contributed by atoms with Crippen molar-refractivity contribution in [3.8, 4) is 33.8 Å². The highest BCUT2D eigenvalue weighted by Crippen LogP contribution is 2.52. The van der Waals surface area contributed by atoms with Crippen molar-refractivity contribution < 1.29 is 9.47 Å². The van der Waals surface area contributed by atoms with Crippen LogP contribution in [0, 0.1) is 0 Å². The number of hydrogen-bond acceptors (Lipinski definition) is 4. The summed E-state index contributed by atoms with van der Waals surface area (Å²) in [7, 11) is 0. The van der Waals surface area contributed by atoms with Crippen molar-refractivity contribution >= 4 is 42.8 Å². The van der Waals surface area contributed by atoms with E-state index in [0.29, 0.717) is 0 Å². The van der Waals surface area contributed by atoms with Gasteiger partial charge >= 0.3 is 0 Å². The van der Waals surface area contributed by atoms with Crippen LogP contribution in [0.15, 0.2) is 60.7 Å². The second-order valence-electron chi connectivity index (χ2n) is 12.7. The van der Waals surface area contributed by atoms with Crippen molar-refractivity contribution in [2.75, 3.05) is 13.2 Å². The van der Waals surface area contributed by atoms with E-state index in [4.69, 9.17) is 9.47 Å². The van der Waals surface area contributed by atoms with Crippen molar-refractivity contribution in [3.63, 3.8) is 0 Å². The molecule has 0 atom stereocenters. The Morgan fingerprint density at radius 3 is 1.20 bits per heavy atom. The zero-order chi connectivity index (χ0) is 28.7. The smallest absolute Gasteiger partial charge is 0.119 e. The second kappa shape index (κ2) is 11.2. The van der Waals surface area contributed by atoms with Gasteiger partial charge in [0.1, 0.15) is 11.5 Å². The lowest BCUT2D eigenvalue weighted by atomic mass is 9.89. The first-order valence-electron chi connectivity index (χ1n) is 14.5. The number of rotatable bonds is 8. The second-order valence-corrected chi connectivity index (χ2v) is 14.8. The third-order valence-corrected chi connectivity index (χ3v) is 10.3. The molecule has 0 saturated heterocycles. The van der Waals surface area contributed by atoms with Gasteiger partial charge in [0, 0.05) is 41.1 Å². The van der Waals surface area contributed by atoms with E-state index < -0.39 is 0 Å². The molecule has 0 bridgehead atoms. The Hall–Kier alpha value is -2.82. The van der Waals surface area contributed by atoms with Crippen molar-refractivity contribution in [1.82, 2.24) is 0 Å². The molecule has 210 valence electrons. The number of fused-ring (bicyclic) bond motifs is 2. The highest BCUT2D eigenvalue weighted by atomic mass is 32.1. The Morgan fingerprint density at radius 1 is 0.550 bits per heavy atom. The fourth-order valence-electron chi connectivity index (χ4n) is 4.96. The van der Waals surface area contributed by atoms with Crippen LogP contribution in [0.3, 0.4) is 0 Å². The Balaban J connectivity index is 1.82. The average molecular weight is 571 g/mol. The van der Waals surface area contributed by atoms with Gasteiger partial charge in [-0.3, -0.25) is 0 Å². The van der Waals surface area contributed by atoms with Gasteiger partial charge in [0.05, 0.1) is 13.2 Å². The SMILES string of the molecule is CCCOc1ccc(-c2c3cc(C(C)(C)C)sc3c(-c3ccc(OCCC)cc3)c3cc(C(C)(C)C)sc23)cc1. The van der Waals surface area contributed by atoms with E-state index in [-0.39, 0.29) is 10.8 Å². The van der Waals surface area contributed by atoms with Gasteiger partial charge in [0.2, 0.25) is 0 Å². The third kappa shape index (κ3) is 5.66. The van der Waals surface area contributed by atoms with E-state index in [1.165, 1.54) is 52.2 Å². The summed E-state index contributed by atoms with van der Waals surface area (Å²) in [6, 6.07) is 22.4. The Bertz CT molecular complexity index is 1430. The first-order valence-corrected chi connectivity index (χ1v) is 16.1. The molecule has 0 amide bonds. The van der Waals surface area contributed by atoms with Gasteiger partial charge in [-0.2, -0.15) is 0 Å². The molecule has 0 aliphatic rings. The molecular formula is C36H42O2S2. The first-order chi connectivity index (χ1) is 19.0. The van der Waals surface area contributed by atoms with Crippen molar-refractivity contribution in [3.05, 3.63) is 70.4 Å². The van der Waals surface area contributed by atoms with E-state index in [1.807, 2.05) is 22.7 Å². The molecule has 0 aliphatic carbocycles. The van der Waals surface area contributed by atoms with Crippen molar-refractivity contribution in [2.24, 2.45) is 0 Å². The van der Waals surface area contributed by atoms with Crippen LogP contribution in [-0.4, -0.2) is 13.2 Å². The predicted molar refractivity (Wildman–Crippen MR) is 177 cm³/mol. The molecule has 0 fully saturated rings. The molecule has 0 N–H and O–H groups in total. The fraction of sp³-hybridized carbons (Fsp3) is 0.389. The van der Waals surface area contributed by atoms with Crippen LogP contribution in [0.4, 0.5) is 0 Å². The topological polar surface area (TPSA) is 18.5 Å². The third-order valence-electron chi connectivity index (χ3n) is 7.17. The molecule has 0 radical (unpaired) electrons. The highest BCUT2D eigenvalue weighted by molar-refractivity contribution is 7.22. The van der Waals surface area contributed by atoms with Crippen LogP contribution in [0.25, 0.3) is 42.4 Å². The Labute approximate surface area is 248 Å². The summed E-state index contributed by atoms with van der Waals surface area (Å²) in [5.41, 5.74) is 5.30. The summed E-state index contributed by atoms with van der Waals surface area (Å²) in [6.45, 7) is 19.7. The minimum Gasteiger partial charge on any atom is -0.494 e. The van der Waals surface area contributed by atoms with Crippen LogP contribution in [0.2, 0.25) is 0 Å². The lowest BCUT2D eigenvalue weighted by Gasteiger charge is -2.15. The lowest BCUT2D eigenvalue weighted by molar-refractivity contribution is 0.317. The maximum atomic E-state index is 5.92. The minimum absolute atomic E-state index is 0.0674. The fourth-order valence-corrected chi connectivity index (χ4v) is 7.56. The van der Waals surface area contributed by atoms with Crippen LogP contribution < -0.4 is 9.47 Å². The maximum absolute atomic E-state index is 5.92. The van der Waals surface area contributed by atoms with Gasteiger partial charge in [-0.1, -0.05) is 79.7 Å². The van der Waals surface area contributed by atoms with Crippen LogP contribution in [0.5, 0.6) is 11.5 Å². The zero-order valence-electron chi connectivity index (χ0n) is 25.2. The summed E-state index contributed by atoms with van der Waals surface area (Å²) in [6.07, 6.45) is 2.01. The molecule has 2 aromatic heterocycles. The van der Waals surface area contributed by atoms with Crippen LogP contribution in [0.1, 0.15) is 78.0 Å². The zero-order valence-corrected chi connectivity index (χ0v) is 26.9. The normalized spacial score (nSPS) is 12.4. The molecular weight excluding hydrogens is 529 g/mol. The van der Waals surface area contributed by atoms with Gasteiger partial charge < -0.3 is 9.47 Å². The van der Waals surface area contributed by atoms with Gasteiger partial charge in [-0.05, 0) is 71.2 Å². The molecule has 0 unspecified atom stereocenters. The summed E-state index contributed by atoms with van der Waals surface area (Å²) in [4.78, 5) is 2.81. The maximum Gasteiger partial charge on any atom is 0.119 e. The van der Waals surface area contributed by atoms with Crippen molar-refractivity contribution in [2.45, 2.75) is 79.1 Å². The van der Waals surface area contributed by atoms with Crippen LogP contribution in [-0.2, 0) is 10.8 Å². The molecule has 5 rings (SSSR count). The molecule has 5 aromatic rings. The Kier molecular flexibility index (Phi) is 8.05.